The molecule has 7 nitrogen and oxygen atoms in total. The molecule has 0 unspecified atom stereocenters. The van der Waals surface area contributed by atoms with E-state index in [0.29, 0.717) is 36.2 Å². The summed E-state index contributed by atoms with van der Waals surface area (Å²) in [7, 11) is 0. The zero-order valence-corrected chi connectivity index (χ0v) is 18.7. The van der Waals surface area contributed by atoms with E-state index in [1.807, 2.05) is 54.6 Å². The lowest BCUT2D eigenvalue weighted by Crippen LogP contribution is -2.32. The third-order valence-electron chi connectivity index (χ3n) is 6.50. The van der Waals surface area contributed by atoms with Crippen molar-refractivity contribution in [2.75, 3.05) is 13.1 Å². The van der Waals surface area contributed by atoms with Gasteiger partial charge in [0.25, 0.3) is 5.91 Å². The van der Waals surface area contributed by atoms with Crippen LogP contribution in [0.1, 0.15) is 41.6 Å². The standard InChI is InChI=1S/C26H31N5O2/c27-14-17-8-10-18(11-9-17)15-29-25(32)22-13-24(31-23-7-2-1-6-21(22)23)20-5-3-4-19(12-20)16-30-26(28)33/h1-7,12-13,17-18H,8-11,14-16,27H2,(H,29,32)(H3,28,30,33). The van der Waals surface area contributed by atoms with Gasteiger partial charge in [-0.25, -0.2) is 9.78 Å². The van der Waals surface area contributed by atoms with E-state index in [4.69, 9.17) is 16.5 Å². The Morgan fingerprint density at radius 1 is 0.939 bits per heavy atom. The van der Waals surface area contributed by atoms with Gasteiger partial charge in [0.15, 0.2) is 0 Å². The molecule has 1 aliphatic rings. The Hall–Kier alpha value is -3.45. The fourth-order valence-corrected chi connectivity index (χ4v) is 4.54. The van der Waals surface area contributed by atoms with Crippen molar-refractivity contribution in [3.8, 4) is 11.3 Å². The van der Waals surface area contributed by atoms with Gasteiger partial charge in [-0.1, -0.05) is 36.4 Å². The quantitative estimate of drug-likeness (QED) is 0.444. The number of hydrogen-bond donors (Lipinski definition) is 4. The number of carbonyl (C=O) groups excluding carboxylic acids is 2. The van der Waals surface area contributed by atoms with E-state index in [2.05, 4.69) is 10.6 Å². The van der Waals surface area contributed by atoms with Crippen molar-refractivity contribution in [3.63, 3.8) is 0 Å². The number of rotatable bonds is 7. The van der Waals surface area contributed by atoms with Gasteiger partial charge in [0, 0.05) is 24.0 Å². The molecular formula is C26H31N5O2. The van der Waals surface area contributed by atoms with Crippen molar-refractivity contribution >= 4 is 22.8 Å². The van der Waals surface area contributed by atoms with E-state index in [-0.39, 0.29) is 5.91 Å². The summed E-state index contributed by atoms with van der Waals surface area (Å²) in [6, 6.07) is 16.7. The summed E-state index contributed by atoms with van der Waals surface area (Å²) in [6.07, 6.45) is 4.49. The lowest BCUT2D eigenvalue weighted by Gasteiger charge is -2.27. The number of hydrogen-bond acceptors (Lipinski definition) is 4. The molecule has 7 heteroatoms. The second kappa shape index (κ2) is 10.4. The van der Waals surface area contributed by atoms with Crippen LogP contribution in [0.15, 0.2) is 54.6 Å². The van der Waals surface area contributed by atoms with E-state index in [1.165, 1.54) is 0 Å². The summed E-state index contributed by atoms with van der Waals surface area (Å²) in [5, 5.41) is 6.59. The van der Waals surface area contributed by atoms with Crippen molar-refractivity contribution < 1.29 is 9.59 Å². The van der Waals surface area contributed by atoms with Crippen LogP contribution in [0.2, 0.25) is 0 Å². The molecule has 3 aromatic rings. The molecule has 1 fully saturated rings. The molecule has 3 amide bonds. The largest absolute Gasteiger partial charge is 0.352 e. The molecule has 172 valence electrons. The van der Waals surface area contributed by atoms with Crippen LogP contribution in [0.5, 0.6) is 0 Å². The van der Waals surface area contributed by atoms with Crippen LogP contribution in [0.3, 0.4) is 0 Å². The van der Waals surface area contributed by atoms with Gasteiger partial charge < -0.3 is 22.1 Å². The van der Waals surface area contributed by atoms with E-state index in [0.717, 1.165) is 54.3 Å². The predicted octanol–water partition coefficient (Wildman–Crippen LogP) is 3.57. The minimum Gasteiger partial charge on any atom is -0.352 e. The Bertz CT molecular complexity index is 1140. The highest BCUT2D eigenvalue weighted by atomic mass is 16.2. The topological polar surface area (TPSA) is 123 Å². The third-order valence-corrected chi connectivity index (χ3v) is 6.50. The number of fused-ring (bicyclic) bond motifs is 1. The minimum atomic E-state index is -0.570. The maximum atomic E-state index is 13.2. The van der Waals surface area contributed by atoms with E-state index >= 15 is 0 Å². The Morgan fingerprint density at radius 3 is 2.45 bits per heavy atom. The summed E-state index contributed by atoms with van der Waals surface area (Å²) >= 11 is 0. The SMILES string of the molecule is NCC1CCC(CNC(=O)c2cc(-c3cccc(CNC(N)=O)c3)nc3ccccc23)CC1. The summed E-state index contributed by atoms with van der Waals surface area (Å²) in [5.41, 5.74) is 14.9. The fourth-order valence-electron chi connectivity index (χ4n) is 4.54. The molecule has 2 aromatic carbocycles. The van der Waals surface area contributed by atoms with Crippen LogP contribution in [-0.2, 0) is 6.54 Å². The fraction of sp³-hybridized carbons (Fsp3) is 0.346. The van der Waals surface area contributed by atoms with Gasteiger partial charge in [0.2, 0.25) is 0 Å². The average molecular weight is 446 g/mol. The number of primary amides is 1. The van der Waals surface area contributed by atoms with E-state index < -0.39 is 6.03 Å². The van der Waals surface area contributed by atoms with E-state index in [9.17, 15) is 9.59 Å². The molecule has 0 bridgehead atoms. The van der Waals surface area contributed by atoms with Gasteiger partial charge in [-0.3, -0.25) is 4.79 Å². The average Bonchev–Trinajstić information content (AvgIpc) is 2.85. The number of amides is 3. The van der Waals surface area contributed by atoms with Crippen LogP contribution in [0.25, 0.3) is 22.2 Å². The van der Waals surface area contributed by atoms with Crippen molar-refractivity contribution in [1.82, 2.24) is 15.6 Å². The molecule has 33 heavy (non-hydrogen) atoms. The third kappa shape index (κ3) is 5.68. The van der Waals surface area contributed by atoms with E-state index in [1.54, 1.807) is 0 Å². The highest BCUT2D eigenvalue weighted by molar-refractivity contribution is 6.07. The van der Waals surface area contributed by atoms with Gasteiger partial charge in [0.05, 0.1) is 16.8 Å². The molecule has 0 atom stereocenters. The van der Waals surface area contributed by atoms with Gasteiger partial charge in [-0.2, -0.15) is 0 Å². The number of pyridine rings is 1. The molecule has 0 saturated heterocycles. The smallest absolute Gasteiger partial charge is 0.312 e. The number of benzene rings is 2. The Balaban J connectivity index is 1.56. The maximum absolute atomic E-state index is 13.2. The molecule has 1 saturated carbocycles. The number of nitrogens with zero attached hydrogens (tertiary/aromatic N) is 1. The van der Waals surface area contributed by atoms with Gasteiger partial charge in [-0.05, 0) is 67.8 Å². The number of nitrogens with one attached hydrogen (secondary N) is 2. The van der Waals surface area contributed by atoms with Crippen LogP contribution >= 0.6 is 0 Å². The second-order valence-corrected chi connectivity index (χ2v) is 8.82. The number of nitrogens with two attached hydrogens (primary N) is 2. The summed E-state index contributed by atoms with van der Waals surface area (Å²) < 4.78 is 0. The molecule has 4 rings (SSSR count). The van der Waals surface area contributed by atoms with Crippen LogP contribution in [0, 0.1) is 11.8 Å². The monoisotopic (exact) mass is 445 g/mol. The highest BCUT2D eigenvalue weighted by Gasteiger charge is 2.21. The first kappa shape index (κ1) is 22.7. The summed E-state index contributed by atoms with van der Waals surface area (Å²) in [5.74, 6) is 1.04. The molecular weight excluding hydrogens is 414 g/mol. The summed E-state index contributed by atoms with van der Waals surface area (Å²) in [4.78, 5) is 29.1. The molecule has 1 aliphatic carbocycles. The van der Waals surface area contributed by atoms with Gasteiger partial charge in [-0.15, -0.1) is 0 Å². The van der Waals surface area contributed by atoms with Crippen molar-refractivity contribution in [2.24, 2.45) is 23.3 Å². The van der Waals surface area contributed by atoms with Crippen molar-refractivity contribution in [3.05, 3.63) is 65.7 Å². The number of urea groups is 1. The first-order chi connectivity index (χ1) is 16.0. The number of para-hydroxylation sites is 1. The summed E-state index contributed by atoms with van der Waals surface area (Å²) in [6.45, 7) is 1.76. The van der Waals surface area contributed by atoms with Gasteiger partial charge >= 0.3 is 6.03 Å². The highest BCUT2D eigenvalue weighted by Crippen LogP contribution is 2.28. The zero-order chi connectivity index (χ0) is 23.2. The maximum Gasteiger partial charge on any atom is 0.312 e. The Labute approximate surface area is 194 Å². The van der Waals surface area contributed by atoms with Crippen molar-refractivity contribution in [1.29, 1.82) is 0 Å². The van der Waals surface area contributed by atoms with Gasteiger partial charge in [0.1, 0.15) is 0 Å². The molecule has 0 aliphatic heterocycles. The molecule has 0 radical (unpaired) electrons. The number of aromatic nitrogens is 1. The lowest BCUT2D eigenvalue weighted by molar-refractivity contribution is 0.0943. The van der Waals surface area contributed by atoms with Crippen LogP contribution in [-0.4, -0.2) is 30.0 Å². The number of carbonyl (C=O) groups is 2. The normalized spacial score (nSPS) is 18.1. The van der Waals surface area contributed by atoms with Crippen LogP contribution < -0.4 is 22.1 Å². The second-order valence-electron chi connectivity index (χ2n) is 8.82. The minimum absolute atomic E-state index is 0.0812. The van der Waals surface area contributed by atoms with Crippen LogP contribution in [0.4, 0.5) is 4.79 Å². The first-order valence-electron chi connectivity index (χ1n) is 11.5. The molecule has 0 spiro atoms. The molecule has 6 N–H and O–H groups in total. The molecule has 1 heterocycles. The Morgan fingerprint density at radius 2 is 1.70 bits per heavy atom. The predicted molar refractivity (Wildman–Crippen MR) is 130 cm³/mol. The molecule has 1 aromatic heterocycles. The lowest BCUT2D eigenvalue weighted by atomic mass is 9.82. The first-order valence-corrected chi connectivity index (χ1v) is 11.5. The Kier molecular flexibility index (Phi) is 7.19. The zero-order valence-electron chi connectivity index (χ0n) is 18.7. The van der Waals surface area contributed by atoms with Crippen molar-refractivity contribution in [2.45, 2.75) is 32.2 Å².